The molecule has 126 valence electrons. The number of fused-ring (bicyclic) bond motifs is 1. The predicted molar refractivity (Wildman–Crippen MR) is 82.9 cm³/mol. The molecule has 0 saturated heterocycles. The van der Waals surface area contributed by atoms with Crippen LogP contribution in [0.2, 0.25) is 0 Å². The van der Waals surface area contributed by atoms with Gasteiger partial charge in [0.15, 0.2) is 0 Å². The minimum Gasteiger partial charge on any atom is -0.493 e. The molecule has 0 aliphatic carbocycles. The average molecular weight is 336 g/mol. The number of benzene rings is 2. The third kappa shape index (κ3) is 3.61. The molecule has 0 radical (unpaired) electrons. The number of carbonyl (C=O) groups is 1. The molecule has 1 aliphatic rings. The van der Waals surface area contributed by atoms with Gasteiger partial charge in [-0.05, 0) is 29.8 Å². The van der Waals surface area contributed by atoms with Crippen LogP contribution in [0.25, 0.3) is 0 Å². The van der Waals surface area contributed by atoms with Crippen LogP contribution in [0.1, 0.15) is 16.7 Å². The van der Waals surface area contributed by atoms with Gasteiger partial charge in [-0.3, -0.25) is 0 Å². The van der Waals surface area contributed by atoms with Crippen LogP contribution in [0.3, 0.4) is 0 Å². The number of ether oxygens (including phenoxy) is 1. The second-order valence-corrected chi connectivity index (χ2v) is 5.38. The number of rotatable bonds is 3. The number of halogens is 3. The highest BCUT2D eigenvalue weighted by molar-refractivity contribution is 5.90. The van der Waals surface area contributed by atoms with Gasteiger partial charge in [0.05, 0.1) is 12.2 Å². The Balaban J connectivity index is 1.57. The number of hydrogen-bond acceptors (Lipinski definition) is 2. The summed E-state index contributed by atoms with van der Waals surface area (Å²) in [6.07, 6.45) is -3.64. The van der Waals surface area contributed by atoms with Gasteiger partial charge < -0.3 is 15.4 Å². The number of carbonyl (C=O) groups excluding carboxylic acids is 1. The van der Waals surface area contributed by atoms with Crippen LogP contribution < -0.4 is 15.4 Å². The standard InChI is InChI=1S/C17H15F3N2O2/c18-17(19,20)12-6-4-11(5-7-12)10-21-16(23)22-14-2-1-3-15-13(14)8-9-24-15/h1-7H,8-10H2,(H2,21,22,23). The Morgan fingerprint density at radius 2 is 1.88 bits per heavy atom. The molecule has 0 unspecified atom stereocenters. The van der Waals surface area contributed by atoms with E-state index in [2.05, 4.69) is 10.6 Å². The molecule has 24 heavy (non-hydrogen) atoms. The van der Waals surface area contributed by atoms with Crippen molar-refractivity contribution >= 4 is 11.7 Å². The number of amides is 2. The Morgan fingerprint density at radius 1 is 1.12 bits per heavy atom. The largest absolute Gasteiger partial charge is 0.493 e. The van der Waals surface area contributed by atoms with Gasteiger partial charge in [0, 0.05) is 24.2 Å². The SMILES string of the molecule is O=C(NCc1ccc(C(F)(F)F)cc1)Nc1cccc2c1CCO2. The van der Waals surface area contributed by atoms with Gasteiger partial charge in [-0.25, -0.2) is 4.79 Å². The van der Waals surface area contributed by atoms with Gasteiger partial charge in [0.2, 0.25) is 0 Å². The van der Waals surface area contributed by atoms with Gasteiger partial charge in [-0.15, -0.1) is 0 Å². The van der Waals surface area contributed by atoms with E-state index in [4.69, 9.17) is 4.74 Å². The van der Waals surface area contributed by atoms with E-state index < -0.39 is 17.8 Å². The number of hydrogen-bond donors (Lipinski definition) is 2. The molecule has 1 heterocycles. The highest BCUT2D eigenvalue weighted by Gasteiger charge is 2.29. The van der Waals surface area contributed by atoms with Crippen LogP contribution in [-0.4, -0.2) is 12.6 Å². The van der Waals surface area contributed by atoms with Gasteiger partial charge in [-0.1, -0.05) is 18.2 Å². The maximum atomic E-state index is 12.5. The van der Waals surface area contributed by atoms with Crippen LogP contribution in [-0.2, 0) is 19.1 Å². The number of urea groups is 1. The summed E-state index contributed by atoms with van der Waals surface area (Å²) in [4.78, 5) is 12.0. The Morgan fingerprint density at radius 3 is 2.58 bits per heavy atom. The molecule has 0 aromatic heterocycles. The Labute approximate surface area is 136 Å². The third-order valence-electron chi connectivity index (χ3n) is 3.73. The smallest absolute Gasteiger partial charge is 0.416 e. The molecule has 7 heteroatoms. The highest BCUT2D eigenvalue weighted by Crippen LogP contribution is 2.31. The first-order valence-corrected chi connectivity index (χ1v) is 7.39. The van der Waals surface area contributed by atoms with Crippen LogP contribution in [0.5, 0.6) is 5.75 Å². The Bertz CT molecular complexity index is 742. The van der Waals surface area contributed by atoms with Crippen molar-refractivity contribution in [2.24, 2.45) is 0 Å². The van der Waals surface area contributed by atoms with E-state index in [1.165, 1.54) is 12.1 Å². The quantitative estimate of drug-likeness (QED) is 0.891. The summed E-state index contributed by atoms with van der Waals surface area (Å²) in [6, 6.07) is 9.67. The number of alkyl halides is 3. The Kier molecular flexibility index (Phi) is 4.33. The molecule has 2 aromatic rings. The minimum atomic E-state index is -4.36. The van der Waals surface area contributed by atoms with E-state index in [1.807, 2.05) is 6.07 Å². The van der Waals surface area contributed by atoms with Crippen molar-refractivity contribution < 1.29 is 22.7 Å². The van der Waals surface area contributed by atoms with E-state index in [-0.39, 0.29) is 6.54 Å². The monoisotopic (exact) mass is 336 g/mol. The van der Waals surface area contributed by atoms with Crippen LogP contribution in [0, 0.1) is 0 Å². The molecule has 4 nitrogen and oxygen atoms in total. The molecule has 0 atom stereocenters. The fourth-order valence-corrected chi connectivity index (χ4v) is 2.50. The topological polar surface area (TPSA) is 50.4 Å². The molecule has 2 N–H and O–H groups in total. The molecule has 1 aliphatic heterocycles. The van der Waals surface area contributed by atoms with Crippen molar-refractivity contribution in [2.45, 2.75) is 19.1 Å². The lowest BCUT2D eigenvalue weighted by Gasteiger charge is -2.11. The third-order valence-corrected chi connectivity index (χ3v) is 3.73. The molecule has 0 spiro atoms. The molecule has 0 fully saturated rings. The van der Waals surface area contributed by atoms with E-state index in [0.29, 0.717) is 17.9 Å². The normalized spacial score (nSPS) is 13.1. The molecule has 0 saturated carbocycles. The summed E-state index contributed by atoms with van der Waals surface area (Å²) < 4.78 is 42.9. The zero-order valence-corrected chi connectivity index (χ0v) is 12.6. The summed E-state index contributed by atoms with van der Waals surface area (Å²) in [5.74, 6) is 0.760. The lowest BCUT2D eigenvalue weighted by atomic mass is 10.1. The van der Waals surface area contributed by atoms with Gasteiger partial charge in [0.25, 0.3) is 0 Å². The number of anilines is 1. The second kappa shape index (κ2) is 6.43. The van der Waals surface area contributed by atoms with Crippen molar-refractivity contribution in [1.29, 1.82) is 0 Å². The lowest BCUT2D eigenvalue weighted by molar-refractivity contribution is -0.137. The second-order valence-electron chi connectivity index (χ2n) is 5.38. The maximum Gasteiger partial charge on any atom is 0.416 e. The van der Waals surface area contributed by atoms with Crippen molar-refractivity contribution in [1.82, 2.24) is 5.32 Å². The van der Waals surface area contributed by atoms with E-state index in [0.717, 1.165) is 29.9 Å². The number of nitrogens with one attached hydrogen (secondary N) is 2. The zero-order valence-electron chi connectivity index (χ0n) is 12.6. The first-order valence-electron chi connectivity index (χ1n) is 7.39. The molecule has 0 bridgehead atoms. The van der Waals surface area contributed by atoms with Crippen molar-refractivity contribution in [2.75, 3.05) is 11.9 Å². The van der Waals surface area contributed by atoms with Crippen molar-refractivity contribution in [3.8, 4) is 5.75 Å². The van der Waals surface area contributed by atoms with Crippen LogP contribution in [0.4, 0.5) is 23.7 Å². The van der Waals surface area contributed by atoms with E-state index >= 15 is 0 Å². The van der Waals surface area contributed by atoms with Gasteiger partial charge in [0.1, 0.15) is 5.75 Å². The minimum absolute atomic E-state index is 0.134. The summed E-state index contributed by atoms with van der Waals surface area (Å²) in [5.41, 5.74) is 1.49. The summed E-state index contributed by atoms with van der Waals surface area (Å²) in [7, 11) is 0. The van der Waals surface area contributed by atoms with Crippen LogP contribution >= 0.6 is 0 Å². The van der Waals surface area contributed by atoms with E-state index in [9.17, 15) is 18.0 Å². The fraction of sp³-hybridized carbons (Fsp3) is 0.235. The molecule has 3 rings (SSSR count). The fourth-order valence-electron chi connectivity index (χ4n) is 2.50. The maximum absolute atomic E-state index is 12.5. The molecule has 2 aromatic carbocycles. The van der Waals surface area contributed by atoms with E-state index in [1.54, 1.807) is 12.1 Å². The van der Waals surface area contributed by atoms with Gasteiger partial charge in [-0.2, -0.15) is 13.2 Å². The highest BCUT2D eigenvalue weighted by atomic mass is 19.4. The first-order chi connectivity index (χ1) is 11.4. The average Bonchev–Trinajstić information content (AvgIpc) is 3.02. The molecular weight excluding hydrogens is 321 g/mol. The lowest BCUT2D eigenvalue weighted by Crippen LogP contribution is -2.28. The molecule has 2 amide bonds. The van der Waals surface area contributed by atoms with Gasteiger partial charge >= 0.3 is 12.2 Å². The summed E-state index contributed by atoms with van der Waals surface area (Å²) in [5, 5.41) is 5.36. The zero-order chi connectivity index (χ0) is 17.2. The summed E-state index contributed by atoms with van der Waals surface area (Å²) >= 11 is 0. The van der Waals surface area contributed by atoms with Crippen LogP contribution in [0.15, 0.2) is 42.5 Å². The van der Waals surface area contributed by atoms with Crippen molar-refractivity contribution in [3.05, 3.63) is 59.2 Å². The molecular formula is C17H15F3N2O2. The summed E-state index contributed by atoms with van der Waals surface area (Å²) in [6.45, 7) is 0.719. The predicted octanol–water partition coefficient (Wildman–Crippen LogP) is 3.96. The Hall–Kier alpha value is -2.70. The first kappa shape index (κ1) is 16.2. The van der Waals surface area contributed by atoms with Crippen molar-refractivity contribution in [3.63, 3.8) is 0 Å².